The average molecular weight is 733 g/mol. The topological polar surface area (TPSA) is 18.0 Å². The quantitative estimate of drug-likeness (QED) is 0.129. The molecule has 0 radical (unpaired) electrons. The molecule has 0 N–H and O–H groups in total. The normalized spacial score (nSPS) is 11.3. The molecule has 8 rings (SSSR count). The summed E-state index contributed by atoms with van der Waals surface area (Å²) in [6, 6.07) is 56.9. The van der Waals surface area contributed by atoms with Crippen LogP contribution >= 0.6 is 0 Å². The molecule has 43 heavy (non-hydrogen) atoms. The van der Waals surface area contributed by atoms with Crippen molar-refractivity contribution in [3.05, 3.63) is 170 Å². The van der Waals surface area contributed by atoms with Gasteiger partial charge in [-0.3, -0.25) is 4.57 Å². The van der Waals surface area contributed by atoms with Crippen LogP contribution in [0.3, 0.4) is 0 Å². The molecule has 3 nitrogen and oxygen atoms in total. The summed E-state index contributed by atoms with van der Waals surface area (Å²) in [6.07, 6.45) is 3.44. The molecule has 0 spiro atoms. The zero-order chi connectivity index (χ0) is 28.3. The molecule has 206 valence electrons. The van der Waals surface area contributed by atoms with Crippen LogP contribution in [0, 0.1) is 31.5 Å². The van der Waals surface area contributed by atoms with Crippen LogP contribution in [-0.4, -0.2) is 11.3 Å². The summed E-state index contributed by atoms with van der Waals surface area (Å²) < 4.78 is 10.1. The van der Waals surface area contributed by atoms with Gasteiger partial charge in [0.15, 0.2) is 6.71 Å². The number of fused-ring (bicyclic) bond motifs is 3. The van der Waals surface area contributed by atoms with Crippen LogP contribution in [0.25, 0.3) is 22.4 Å². The summed E-state index contributed by atoms with van der Waals surface area (Å²) in [4.78, 5) is 0. The van der Waals surface area contributed by atoms with E-state index in [0.29, 0.717) is 0 Å². The van der Waals surface area contributed by atoms with Gasteiger partial charge in [-0.1, -0.05) is 60.2 Å². The summed E-state index contributed by atoms with van der Waals surface area (Å²) in [5.41, 5.74) is 8.99. The second kappa shape index (κ2) is 12.7. The number of benzene rings is 6. The first kappa shape index (κ1) is 28.5. The van der Waals surface area contributed by atoms with E-state index in [9.17, 15) is 0 Å². The maximum Gasteiger partial charge on any atom is 4.00 e. The van der Waals surface area contributed by atoms with Crippen molar-refractivity contribution in [1.29, 1.82) is 0 Å². The molecule has 1 aliphatic rings. The van der Waals surface area contributed by atoms with E-state index in [4.69, 9.17) is 4.74 Å². The Morgan fingerprint density at radius 3 is 2.14 bits per heavy atom. The van der Waals surface area contributed by atoms with Gasteiger partial charge in [-0.15, -0.1) is 11.5 Å². The molecule has 7 aromatic rings. The minimum Gasteiger partial charge on any atom is -0.518 e. The average Bonchev–Trinajstić information content (AvgIpc) is 3.45. The molecule has 0 saturated heterocycles. The fraction of sp³-hybridized carbons (Fsp3) is 0.0263. The standard InChI is InChI=1S/C20H15N2.C18H11BO.Pt/c1-16-11-13-18(14-12-16)22-15-21(17-7-3-2-4-8-17)19-9-5-6-10-20(19)22;1-2-8-14(9-3-1)19-15-10-4-6-12-17(15)20-18-13-7-5-11-16(18)19;/h2-7,9-14H,1H3;1-8,10,12-13H;/q-1;-2;+4. The van der Waals surface area contributed by atoms with Crippen LogP contribution in [-0.2, 0) is 21.1 Å². The van der Waals surface area contributed by atoms with E-state index in [1.807, 2.05) is 78.9 Å². The van der Waals surface area contributed by atoms with Crippen molar-refractivity contribution in [1.82, 2.24) is 4.57 Å². The molecule has 1 aliphatic heterocycles. The van der Waals surface area contributed by atoms with Gasteiger partial charge in [0.2, 0.25) is 0 Å². The first-order valence-electron chi connectivity index (χ1n) is 14.0. The molecule has 0 bridgehead atoms. The molecule has 0 fully saturated rings. The number of para-hydroxylation sites is 4. The van der Waals surface area contributed by atoms with Gasteiger partial charge >= 0.3 is 21.1 Å². The zero-order valence-corrected chi connectivity index (χ0v) is 25.7. The van der Waals surface area contributed by atoms with E-state index in [1.54, 1.807) is 0 Å². The monoisotopic (exact) mass is 732 g/mol. The largest absolute Gasteiger partial charge is 4.00 e. The zero-order valence-electron chi connectivity index (χ0n) is 23.5. The third-order valence-corrected chi connectivity index (χ3v) is 7.42. The molecule has 0 amide bonds. The van der Waals surface area contributed by atoms with Gasteiger partial charge in [-0.05, 0) is 36.3 Å². The van der Waals surface area contributed by atoms with E-state index in [-0.39, 0.29) is 27.8 Å². The van der Waals surface area contributed by atoms with E-state index >= 15 is 0 Å². The fourth-order valence-electron chi connectivity index (χ4n) is 5.39. The molecule has 2 heterocycles. The van der Waals surface area contributed by atoms with E-state index in [1.165, 1.54) is 11.0 Å². The van der Waals surface area contributed by atoms with Gasteiger partial charge in [-0.2, -0.15) is 84.3 Å². The van der Waals surface area contributed by atoms with Gasteiger partial charge in [0.1, 0.15) is 5.75 Å². The SMILES string of the molecule is Cc1ccc(-[n+]2[c-]n(-c3[c-]cccc3)c3ccccc32)cc1.[Pt+4].[c-]1ccccc1B1c2[c-]cccc2Oc2ccccc21. The summed E-state index contributed by atoms with van der Waals surface area (Å²) >= 11 is 0. The molecule has 0 aliphatic carbocycles. The Bertz CT molecular complexity index is 1930. The maximum atomic E-state index is 5.98. The Labute approximate surface area is 267 Å². The van der Waals surface area contributed by atoms with Crippen LogP contribution in [0.4, 0.5) is 0 Å². The Morgan fingerprint density at radius 1 is 0.651 bits per heavy atom. The second-order valence-electron chi connectivity index (χ2n) is 10.2. The molecule has 0 saturated carbocycles. The third kappa shape index (κ3) is 5.72. The predicted molar refractivity (Wildman–Crippen MR) is 169 cm³/mol. The number of ether oxygens (including phenoxy) is 1. The molecule has 0 unspecified atom stereocenters. The first-order chi connectivity index (χ1) is 20.8. The molecule has 5 heteroatoms. The van der Waals surface area contributed by atoms with Crippen LogP contribution in [0.5, 0.6) is 11.5 Å². The van der Waals surface area contributed by atoms with E-state index in [2.05, 4.69) is 101 Å². The number of aryl methyl sites for hydroxylation is 1. The van der Waals surface area contributed by atoms with E-state index in [0.717, 1.165) is 44.8 Å². The number of hydrogen-bond donors (Lipinski definition) is 0. The Kier molecular flexibility index (Phi) is 8.40. The van der Waals surface area contributed by atoms with Crippen molar-refractivity contribution in [2.75, 3.05) is 0 Å². The molecule has 1 aromatic heterocycles. The minimum atomic E-state index is 0. The molecular weight excluding hydrogens is 706 g/mol. The Hall–Kier alpha value is -4.66. The van der Waals surface area contributed by atoms with Crippen molar-refractivity contribution in [3.8, 4) is 22.9 Å². The van der Waals surface area contributed by atoms with Gasteiger partial charge in [0.25, 0.3) is 6.33 Å². The first-order valence-corrected chi connectivity index (χ1v) is 14.0. The van der Waals surface area contributed by atoms with Crippen LogP contribution < -0.4 is 25.7 Å². The summed E-state index contributed by atoms with van der Waals surface area (Å²) in [5.74, 6) is 1.80. The summed E-state index contributed by atoms with van der Waals surface area (Å²) in [7, 11) is 0. The number of nitrogens with zero attached hydrogens (tertiary/aromatic N) is 2. The van der Waals surface area contributed by atoms with Crippen molar-refractivity contribution < 1.29 is 30.4 Å². The van der Waals surface area contributed by atoms with E-state index < -0.39 is 0 Å². The minimum absolute atomic E-state index is 0. The summed E-state index contributed by atoms with van der Waals surface area (Å²) in [5, 5.41) is 0. The maximum absolute atomic E-state index is 5.98. The number of hydrogen-bond acceptors (Lipinski definition) is 1. The van der Waals surface area contributed by atoms with Gasteiger partial charge < -0.3 is 9.30 Å². The predicted octanol–water partition coefficient (Wildman–Crippen LogP) is 5.72. The fourth-order valence-corrected chi connectivity index (χ4v) is 5.39. The van der Waals surface area contributed by atoms with Gasteiger partial charge in [0, 0.05) is 5.75 Å². The Balaban J connectivity index is 0.000000150. The molecule has 6 aromatic carbocycles. The van der Waals surface area contributed by atoms with Crippen LogP contribution in [0.1, 0.15) is 5.56 Å². The van der Waals surface area contributed by atoms with Crippen molar-refractivity contribution in [2.45, 2.75) is 6.92 Å². The Morgan fingerprint density at radius 2 is 1.35 bits per heavy atom. The smallest absolute Gasteiger partial charge is 0.518 e. The van der Waals surface area contributed by atoms with Crippen molar-refractivity contribution in [3.63, 3.8) is 0 Å². The van der Waals surface area contributed by atoms with Crippen molar-refractivity contribution >= 4 is 34.1 Å². The van der Waals surface area contributed by atoms with Crippen molar-refractivity contribution in [2.24, 2.45) is 0 Å². The van der Waals surface area contributed by atoms with Gasteiger partial charge in [0.05, 0.1) is 16.7 Å². The van der Waals surface area contributed by atoms with Crippen LogP contribution in [0.15, 0.2) is 140 Å². The second-order valence-corrected chi connectivity index (χ2v) is 10.2. The van der Waals surface area contributed by atoms with Gasteiger partial charge in [-0.25, -0.2) is 0 Å². The molecular formula is C38H26BN2OPt+. The van der Waals surface area contributed by atoms with Crippen LogP contribution in [0.2, 0.25) is 0 Å². The molecule has 0 atom stereocenters. The number of aromatic nitrogens is 2. The summed E-state index contributed by atoms with van der Waals surface area (Å²) in [6.45, 7) is 2.23. The number of imidazole rings is 1. The third-order valence-electron chi connectivity index (χ3n) is 7.42. The number of rotatable bonds is 3.